The molecular formula is C16H19N3O4. The lowest BCUT2D eigenvalue weighted by Crippen LogP contribution is -2.42. The van der Waals surface area contributed by atoms with Crippen LogP contribution in [0.3, 0.4) is 0 Å². The summed E-state index contributed by atoms with van der Waals surface area (Å²) in [6, 6.07) is 6.49. The Bertz CT molecular complexity index is 638. The Morgan fingerprint density at radius 1 is 1.35 bits per heavy atom. The van der Waals surface area contributed by atoms with E-state index in [1.54, 1.807) is 0 Å². The summed E-state index contributed by atoms with van der Waals surface area (Å²) in [6.45, 7) is 2.16. The summed E-state index contributed by atoms with van der Waals surface area (Å²) in [4.78, 5) is 29.7. The Hall–Kier alpha value is -2.83. The number of nitrogens with zero attached hydrogens (tertiary/aromatic N) is 1. The maximum Gasteiger partial charge on any atom is 0.326 e. The number of aliphatic carboxylic acids is 1. The highest BCUT2D eigenvalue weighted by Crippen LogP contribution is 2.11. The Morgan fingerprint density at radius 2 is 2.09 bits per heavy atom. The number of rotatable bonds is 8. The van der Waals surface area contributed by atoms with Crippen LogP contribution in [0.1, 0.15) is 17.7 Å². The molecule has 1 heterocycles. The van der Waals surface area contributed by atoms with Gasteiger partial charge in [-0.25, -0.2) is 9.78 Å². The molecule has 0 radical (unpaired) electrons. The molecule has 0 aliphatic rings. The number of imidazole rings is 1. The van der Waals surface area contributed by atoms with Crippen molar-refractivity contribution in [3.05, 3.63) is 48.0 Å². The summed E-state index contributed by atoms with van der Waals surface area (Å²) in [5, 5.41) is 11.7. The van der Waals surface area contributed by atoms with Gasteiger partial charge in [-0.15, -0.1) is 0 Å². The third-order valence-electron chi connectivity index (χ3n) is 3.23. The summed E-state index contributed by atoms with van der Waals surface area (Å²) in [7, 11) is 0. The zero-order chi connectivity index (χ0) is 16.7. The van der Waals surface area contributed by atoms with Gasteiger partial charge in [0.2, 0.25) is 5.91 Å². The molecule has 7 heteroatoms. The van der Waals surface area contributed by atoms with Crippen LogP contribution in [0.25, 0.3) is 0 Å². The molecule has 7 nitrogen and oxygen atoms in total. The standard InChI is InChI=1S/C16H19N3O4/c1-11-2-4-13(5-3-11)23-7-6-15(20)19-14(16(21)22)8-12-9-17-10-18-12/h2-5,9-10,14H,6-8H2,1H3,(H,17,18)(H,19,20)(H,21,22). The zero-order valence-electron chi connectivity index (χ0n) is 12.8. The van der Waals surface area contributed by atoms with E-state index in [4.69, 9.17) is 4.74 Å². The minimum atomic E-state index is -1.09. The second-order valence-electron chi connectivity index (χ2n) is 5.15. The first-order valence-corrected chi connectivity index (χ1v) is 7.23. The van der Waals surface area contributed by atoms with Crippen LogP contribution in [0, 0.1) is 6.92 Å². The number of carboxylic acids is 1. The zero-order valence-corrected chi connectivity index (χ0v) is 12.8. The van der Waals surface area contributed by atoms with E-state index in [-0.39, 0.29) is 25.4 Å². The number of carbonyl (C=O) groups is 2. The minimum absolute atomic E-state index is 0.0840. The van der Waals surface area contributed by atoms with Gasteiger partial charge in [0.15, 0.2) is 0 Å². The van der Waals surface area contributed by atoms with E-state index in [2.05, 4.69) is 15.3 Å². The van der Waals surface area contributed by atoms with E-state index < -0.39 is 12.0 Å². The number of amides is 1. The van der Waals surface area contributed by atoms with Crippen LogP contribution in [0.15, 0.2) is 36.8 Å². The molecule has 0 fully saturated rings. The number of hydrogen-bond acceptors (Lipinski definition) is 4. The van der Waals surface area contributed by atoms with Gasteiger partial charge < -0.3 is 20.1 Å². The lowest BCUT2D eigenvalue weighted by atomic mass is 10.1. The van der Waals surface area contributed by atoms with Gasteiger partial charge >= 0.3 is 5.97 Å². The van der Waals surface area contributed by atoms with Crippen molar-refractivity contribution in [2.75, 3.05) is 6.61 Å². The molecule has 2 aromatic rings. The predicted molar refractivity (Wildman–Crippen MR) is 83.1 cm³/mol. The number of carbonyl (C=O) groups excluding carboxylic acids is 1. The van der Waals surface area contributed by atoms with Gasteiger partial charge in [0.1, 0.15) is 11.8 Å². The molecule has 2 rings (SSSR count). The highest BCUT2D eigenvalue weighted by Gasteiger charge is 2.20. The van der Waals surface area contributed by atoms with Gasteiger partial charge in [-0.1, -0.05) is 17.7 Å². The first-order valence-electron chi connectivity index (χ1n) is 7.23. The van der Waals surface area contributed by atoms with Crippen LogP contribution < -0.4 is 10.1 Å². The number of carboxylic acid groups (broad SMARTS) is 1. The quantitative estimate of drug-likeness (QED) is 0.681. The van der Waals surface area contributed by atoms with Gasteiger partial charge in [-0.3, -0.25) is 4.79 Å². The summed E-state index contributed by atoms with van der Waals surface area (Å²) >= 11 is 0. The fourth-order valence-corrected chi connectivity index (χ4v) is 1.98. The Labute approximate surface area is 133 Å². The second kappa shape index (κ2) is 7.98. The van der Waals surface area contributed by atoms with Gasteiger partial charge in [-0.05, 0) is 19.1 Å². The lowest BCUT2D eigenvalue weighted by molar-refractivity contribution is -0.141. The average Bonchev–Trinajstić information content (AvgIpc) is 3.01. The van der Waals surface area contributed by atoms with E-state index in [0.29, 0.717) is 11.4 Å². The first kappa shape index (κ1) is 16.5. The SMILES string of the molecule is Cc1ccc(OCCC(=O)NC(Cc2cnc[nH]2)C(=O)O)cc1. The number of benzene rings is 1. The van der Waals surface area contributed by atoms with Gasteiger partial charge in [0.25, 0.3) is 0 Å². The predicted octanol–water partition coefficient (Wildman–Crippen LogP) is 1.30. The number of nitrogens with one attached hydrogen (secondary N) is 2. The number of aromatic nitrogens is 2. The van der Waals surface area contributed by atoms with Crippen molar-refractivity contribution in [2.45, 2.75) is 25.8 Å². The molecule has 1 atom stereocenters. The Kier molecular flexibility index (Phi) is 5.74. The maximum absolute atomic E-state index is 11.9. The van der Waals surface area contributed by atoms with Crippen molar-refractivity contribution in [3.63, 3.8) is 0 Å². The van der Waals surface area contributed by atoms with Crippen molar-refractivity contribution in [1.82, 2.24) is 15.3 Å². The normalized spacial score (nSPS) is 11.7. The van der Waals surface area contributed by atoms with Gasteiger partial charge in [0, 0.05) is 18.3 Å². The largest absolute Gasteiger partial charge is 0.493 e. The van der Waals surface area contributed by atoms with E-state index in [1.807, 2.05) is 31.2 Å². The van der Waals surface area contributed by atoms with Crippen LogP contribution in [-0.4, -0.2) is 39.6 Å². The molecule has 3 N–H and O–H groups in total. The molecule has 0 aliphatic heterocycles. The molecule has 0 saturated heterocycles. The molecular weight excluding hydrogens is 298 g/mol. The topological polar surface area (TPSA) is 104 Å². The fraction of sp³-hybridized carbons (Fsp3) is 0.312. The molecule has 1 amide bonds. The van der Waals surface area contributed by atoms with E-state index in [1.165, 1.54) is 12.5 Å². The van der Waals surface area contributed by atoms with Crippen molar-refractivity contribution in [2.24, 2.45) is 0 Å². The maximum atomic E-state index is 11.9. The summed E-state index contributed by atoms with van der Waals surface area (Å²) < 4.78 is 5.46. The molecule has 1 aromatic heterocycles. The number of hydrogen-bond donors (Lipinski definition) is 3. The van der Waals surface area contributed by atoms with E-state index >= 15 is 0 Å². The van der Waals surface area contributed by atoms with Crippen LogP contribution in [0.4, 0.5) is 0 Å². The average molecular weight is 317 g/mol. The van der Waals surface area contributed by atoms with E-state index in [9.17, 15) is 14.7 Å². The number of aryl methyl sites for hydroxylation is 1. The molecule has 0 bridgehead atoms. The molecule has 1 aromatic carbocycles. The summed E-state index contributed by atoms with van der Waals surface area (Å²) in [6.07, 6.45) is 3.23. The molecule has 23 heavy (non-hydrogen) atoms. The fourth-order valence-electron chi connectivity index (χ4n) is 1.98. The Balaban J connectivity index is 1.77. The number of aromatic amines is 1. The highest BCUT2D eigenvalue weighted by molar-refractivity contribution is 5.83. The number of ether oxygens (including phenoxy) is 1. The number of H-pyrrole nitrogens is 1. The highest BCUT2D eigenvalue weighted by atomic mass is 16.5. The van der Waals surface area contributed by atoms with Gasteiger partial charge in [0.05, 0.1) is 19.4 Å². The van der Waals surface area contributed by atoms with Crippen molar-refractivity contribution >= 4 is 11.9 Å². The smallest absolute Gasteiger partial charge is 0.326 e. The molecule has 122 valence electrons. The van der Waals surface area contributed by atoms with E-state index in [0.717, 1.165) is 5.56 Å². The molecule has 1 unspecified atom stereocenters. The van der Waals surface area contributed by atoms with Crippen molar-refractivity contribution < 1.29 is 19.4 Å². The van der Waals surface area contributed by atoms with Crippen LogP contribution in [0.5, 0.6) is 5.75 Å². The Morgan fingerprint density at radius 3 is 2.70 bits per heavy atom. The minimum Gasteiger partial charge on any atom is -0.493 e. The summed E-state index contributed by atoms with van der Waals surface area (Å²) in [5.74, 6) is -0.785. The van der Waals surface area contributed by atoms with Gasteiger partial charge in [-0.2, -0.15) is 0 Å². The second-order valence-corrected chi connectivity index (χ2v) is 5.15. The molecule has 0 spiro atoms. The molecule has 0 saturated carbocycles. The monoisotopic (exact) mass is 317 g/mol. The van der Waals surface area contributed by atoms with Crippen LogP contribution in [0.2, 0.25) is 0 Å². The van der Waals surface area contributed by atoms with Crippen molar-refractivity contribution in [1.29, 1.82) is 0 Å². The first-order chi connectivity index (χ1) is 11.0. The van der Waals surface area contributed by atoms with Crippen LogP contribution in [-0.2, 0) is 16.0 Å². The van der Waals surface area contributed by atoms with Crippen LogP contribution >= 0.6 is 0 Å². The summed E-state index contributed by atoms with van der Waals surface area (Å²) in [5.41, 5.74) is 1.77. The molecule has 0 aliphatic carbocycles. The van der Waals surface area contributed by atoms with Crippen molar-refractivity contribution in [3.8, 4) is 5.75 Å². The third-order valence-corrected chi connectivity index (χ3v) is 3.23. The third kappa shape index (κ3) is 5.46. The lowest BCUT2D eigenvalue weighted by Gasteiger charge is -2.14.